The van der Waals surface area contributed by atoms with Gasteiger partial charge in [-0.2, -0.15) is 0 Å². The number of carbonyl (C=O) groups excluding carboxylic acids is 1. The number of nitrogens with zero attached hydrogens (tertiary/aromatic N) is 2. The summed E-state index contributed by atoms with van der Waals surface area (Å²) in [6.07, 6.45) is 3.85. The zero-order chi connectivity index (χ0) is 15.0. The van der Waals surface area contributed by atoms with Crippen molar-refractivity contribution in [2.75, 3.05) is 18.0 Å². The van der Waals surface area contributed by atoms with Gasteiger partial charge in [0.05, 0.1) is 17.2 Å². The van der Waals surface area contributed by atoms with Crippen LogP contribution in [0, 0.1) is 0 Å². The predicted molar refractivity (Wildman–Crippen MR) is 86.4 cm³/mol. The second-order valence-electron chi connectivity index (χ2n) is 6.90. The molecule has 1 saturated heterocycles. The van der Waals surface area contributed by atoms with Crippen LogP contribution in [0.1, 0.15) is 36.9 Å². The van der Waals surface area contributed by atoms with Crippen LogP contribution in [0.15, 0.2) is 6.20 Å². The Bertz CT molecular complexity index is 482. The van der Waals surface area contributed by atoms with Gasteiger partial charge < -0.3 is 9.33 Å². The average Bonchev–Trinajstić information content (AvgIpc) is 2.94. The highest BCUT2D eigenvalue weighted by Crippen LogP contribution is 2.38. The lowest BCUT2D eigenvalue weighted by atomic mass is 10.2. The molecule has 1 aliphatic rings. The molecule has 4 nitrogen and oxygen atoms in total. The summed E-state index contributed by atoms with van der Waals surface area (Å²) in [6, 6.07) is 0. The van der Waals surface area contributed by atoms with E-state index in [4.69, 9.17) is 4.43 Å². The van der Waals surface area contributed by atoms with Crippen molar-refractivity contribution in [1.29, 1.82) is 0 Å². The van der Waals surface area contributed by atoms with Gasteiger partial charge in [0.15, 0.2) is 19.7 Å². The molecule has 6 heteroatoms. The number of anilines is 1. The van der Waals surface area contributed by atoms with E-state index in [9.17, 15) is 4.79 Å². The van der Waals surface area contributed by atoms with E-state index in [1.807, 2.05) is 0 Å². The molecule has 0 N–H and O–H groups in total. The Kier molecular flexibility index (Phi) is 4.37. The Morgan fingerprint density at radius 1 is 1.50 bits per heavy atom. The molecule has 0 saturated carbocycles. The minimum Gasteiger partial charge on any atom is -0.412 e. The summed E-state index contributed by atoms with van der Waals surface area (Å²) >= 11 is 1.46. The maximum atomic E-state index is 10.7. The van der Waals surface area contributed by atoms with Gasteiger partial charge in [-0.15, -0.1) is 0 Å². The average molecular weight is 313 g/mol. The molecule has 1 aromatic heterocycles. The van der Waals surface area contributed by atoms with Gasteiger partial charge in [0.2, 0.25) is 0 Å². The monoisotopic (exact) mass is 312 g/mol. The van der Waals surface area contributed by atoms with E-state index in [2.05, 4.69) is 43.7 Å². The third-order valence-electron chi connectivity index (χ3n) is 4.31. The molecule has 112 valence electrons. The van der Waals surface area contributed by atoms with Gasteiger partial charge in [0.1, 0.15) is 0 Å². The van der Waals surface area contributed by atoms with Crippen molar-refractivity contribution in [1.82, 2.24) is 4.98 Å². The van der Waals surface area contributed by atoms with E-state index >= 15 is 0 Å². The lowest BCUT2D eigenvalue weighted by Crippen LogP contribution is -2.44. The summed E-state index contributed by atoms with van der Waals surface area (Å²) in [4.78, 5) is 18.0. The van der Waals surface area contributed by atoms with E-state index in [0.29, 0.717) is 11.0 Å². The van der Waals surface area contributed by atoms with E-state index in [-0.39, 0.29) is 5.04 Å². The van der Waals surface area contributed by atoms with Crippen molar-refractivity contribution in [3.8, 4) is 0 Å². The molecule has 0 bridgehead atoms. The Balaban J connectivity index is 1.97. The van der Waals surface area contributed by atoms with E-state index < -0.39 is 8.32 Å². The van der Waals surface area contributed by atoms with Gasteiger partial charge in [0, 0.05) is 13.1 Å². The lowest BCUT2D eigenvalue weighted by Gasteiger charge is -2.38. The summed E-state index contributed by atoms with van der Waals surface area (Å²) in [5.41, 5.74) is 0. The largest absolute Gasteiger partial charge is 0.412 e. The van der Waals surface area contributed by atoms with E-state index in [1.165, 1.54) is 11.3 Å². The quantitative estimate of drug-likeness (QED) is 0.630. The smallest absolute Gasteiger partial charge is 0.192 e. The molecular weight excluding hydrogens is 288 g/mol. The first-order chi connectivity index (χ1) is 9.23. The third kappa shape index (κ3) is 3.29. The van der Waals surface area contributed by atoms with Crippen LogP contribution in [0.4, 0.5) is 5.13 Å². The van der Waals surface area contributed by atoms with Crippen LogP contribution in [-0.2, 0) is 4.43 Å². The van der Waals surface area contributed by atoms with Crippen LogP contribution in [0.2, 0.25) is 18.1 Å². The SMILES string of the molecule is CC(C)(C)[Si](C)(C)O[C@H]1CCN(c2ncc(C=O)s2)C1. The zero-order valence-corrected chi connectivity index (χ0v) is 14.8. The number of hydrogen-bond donors (Lipinski definition) is 0. The van der Waals surface area contributed by atoms with Crippen LogP contribution < -0.4 is 4.90 Å². The molecule has 0 radical (unpaired) electrons. The molecule has 20 heavy (non-hydrogen) atoms. The Hall–Kier alpha value is -0.723. The summed E-state index contributed by atoms with van der Waals surface area (Å²) in [5.74, 6) is 0. The molecule has 1 aromatic rings. The van der Waals surface area contributed by atoms with Gasteiger partial charge >= 0.3 is 0 Å². The highest BCUT2D eigenvalue weighted by molar-refractivity contribution is 7.17. The van der Waals surface area contributed by atoms with Crippen molar-refractivity contribution in [2.45, 2.75) is 51.4 Å². The minimum atomic E-state index is -1.70. The number of aldehydes is 1. The van der Waals surface area contributed by atoms with Crippen LogP contribution >= 0.6 is 11.3 Å². The fraction of sp³-hybridized carbons (Fsp3) is 0.714. The molecule has 0 aliphatic carbocycles. The van der Waals surface area contributed by atoms with E-state index in [0.717, 1.165) is 30.9 Å². The van der Waals surface area contributed by atoms with Crippen molar-refractivity contribution in [3.05, 3.63) is 11.1 Å². The molecule has 0 unspecified atom stereocenters. The molecule has 1 fully saturated rings. The van der Waals surface area contributed by atoms with Gasteiger partial charge in [0.25, 0.3) is 0 Å². The van der Waals surface area contributed by atoms with Crippen LogP contribution in [-0.4, -0.2) is 38.8 Å². The number of hydrogen-bond acceptors (Lipinski definition) is 5. The van der Waals surface area contributed by atoms with Crippen molar-refractivity contribution < 1.29 is 9.22 Å². The fourth-order valence-corrected chi connectivity index (χ4v) is 4.21. The first-order valence-electron chi connectivity index (χ1n) is 7.07. The first kappa shape index (κ1) is 15.7. The number of rotatable bonds is 4. The van der Waals surface area contributed by atoms with Crippen LogP contribution in [0.25, 0.3) is 0 Å². The first-order valence-corrected chi connectivity index (χ1v) is 10.8. The molecule has 2 rings (SSSR count). The number of carbonyl (C=O) groups is 1. The standard InChI is InChI=1S/C14H24N2O2SSi/c1-14(2,3)20(4,5)18-11-6-7-16(9-11)13-15-8-12(10-17)19-13/h8,10-11H,6-7,9H2,1-5H3/t11-/m0/s1. The molecule has 0 amide bonds. The van der Waals surface area contributed by atoms with Gasteiger partial charge in [-0.3, -0.25) is 4.79 Å². The molecule has 0 spiro atoms. The topological polar surface area (TPSA) is 42.4 Å². The van der Waals surface area contributed by atoms with Gasteiger partial charge in [-0.05, 0) is 24.6 Å². The molecular formula is C14H24N2O2SSi. The highest BCUT2D eigenvalue weighted by Gasteiger charge is 2.40. The maximum absolute atomic E-state index is 10.7. The Morgan fingerprint density at radius 2 is 2.20 bits per heavy atom. The Morgan fingerprint density at radius 3 is 2.75 bits per heavy atom. The molecule has 0 aromatic carbocycles. The van der Waals surface area contributed by atoms with Crippen molar-refractivity contribution >= 4 is 31.1 Å². The lowest BCUT2D eigenvalue weighted by molar-refractivity contribution is 0.112. The highest BCUT2D eigenvalue weighted by atomic mass is 32.1. The van der Waals surface area contributed by atoms with Gasteiger partial charge in [-0.1, -0.05) is 32.1 Å². The summed E-state index contributed by atoms with van der Waals surface area (Å²) in [6.45, 7) is 13.2. The Labute approximate surface area is 126 Å². The summed E-state index contributed by atoms with van der Waals surface area (Å²) in [5, 5.41) is 1.18. The van der Waals surface area contributed by atoms with Crippen molar-refractivity contribution in [3.63, 3.8) is 0 Å². The second kappa shape index (κ2) is 5.58. The van der Waals surface area contributed by atoms with Crippen LogP contribution in [0.3, 0.4) is 0 Å². The molecule has 1 aliphatic heterocycles. The summed E-state index contributed by atoms with van der Waals surface area (Å²) in [7, 11) is -1.70. The minimum absolute atomic E-state index is 0.242. The summed E-state index contributed by atoms with van der Waals surface area (Å²) < 4.78 is 6.45. The predicted octanol–water partition coefficient (Wildman–Crippen LogP) is 3.56. The molecule has 1 atom stereocenters. The number of thiazole rings is 1. The zero-order valence-electron chi connectivity index (χ0n) is 13.0. The second-order valence-corrected chi connectivity index (χ2v) is 12.7. The molecule has 2 heterocycles. The third-order valence-corrected chi connectivity index (χ3v) is 9.83. The number of aromatic nitrogens is 1. The van der Waals surface area contributed by atoms with E-state index in [1.54, 1.807) is 6.20 Å². The van der Waals surface area contributed by atoms with Crippen LogP contribution in [0.5, 0.6) is 0 Å². The maximum Gasteiger partial charge on any atom is 0.192 e. The fourth-order valence-electron chi connectivity index (χ4n) is 2.07. The normalized spacial score (nSPS) is 20.4. The van der Waals surface area contributed by atoms with Crippen molar-refractivity contribution in [2.24, 2.45) is 0 Å². The van der Waals surface area contributed by atoms with Gasteiger partial charge in [-0.25, -0.2) is 4.98 Å².